The molecule has 0 aliphatic rings. The molecule has 0 aromatic heterocycles. The molecule has 2 aromatic rings. The van der Waals surface area contributed by atoms with Gasteiger partial charge in [-0.15, -0.1) is 0 Å². The van der Waals surface area contributed by atoms with Gasteiger partial charge in [-0.25, -0.2) is 17.9 Å². The van der Waals surface area contributed by atoms with Gasteiger partial charge in [0.05, 0.1) is 12.7 Å². The van der Waals surface area contributed by atoms with E-state index in [0.29, 0.717) is 6.54 Å². The van der Waals surface area contributed by atoms with Crippen molar-refractivity contribution in [2.45, 2.75) is 37.6 Å². The predicted molar refractivity (Wildman–Crippen MR) is 117 cm³/mol. The first-order valence-corrected chi connectivity index (χ1v) is 11.3. The molecule has 0 radical (unpaired) electrons. The third-order valence-corrected chi connectivity index (χ3v) is 6.07. The lowest BCUT2D eigenvalue weighted by atomic mass is 10.0. The topological polar surface area (TPSA) is 111 Å². The molecular formula is C22H28N2O6S. The average molecular weight is 449 g/mol. The van der Waals surface area contributed by atoms with E-state index in [1.807, 2.05) is 37.3 Å². The fourth-order valence-corrected chi connectivity index (χ4v) is 4.27. The van der Waals surface area contributed by atoms with Crippen LogP contribution < -0.4 is 14.8 Å². The molecule has 0 aliphatic carbocycles. The average Bonchev–Trinajstić information content (AvgIpc) is 2.75. The number of amides is 1. The molecule has 0 aliphatic heterocycles. The molecule has 0 saturated heterocycles. The minimum absolute atomic E-state index is 0.00427. The summed E-state index contributed by atoms with van der Waals surface area (Å²) in [4.78, 5) is 24.2. The molecule has 0 saturated carbocycles. The number of methoxy groups -OCH3 is 1. The second-order valence-corrected chi connectivity index (χ2v) is 9.02. The second-order valence-electron chi connectivity index (χ2n) is 7.33. The summed E-state index contributed by atoms with van der Waals surface area (Å²) in [6, 6.07) is 13.3. The third-order valence-electron chi connectivity index (χ3n) is 4.39. The Morgan fingerprint density at radius 1 is 1.03 bits per heavy atom. The smallest absolute Gasteiger partial charge is 0.338 e. The van der Waals surface area contributed by atoms with E-state index in [0.717, 1.165) is 5.56 Å². The van der Waals surface area contributed by atoms with E-state index in [9.17, 15) is 18.0 Å². The molecule has 168 valence electrons. The lowest BCUT2D eigenvalue weighted by Gasteiger charge is -2.14. The van der Waals surface area contributed by atoms with Crippen molar-refractivity contribution in [1.82, 2.24) is 10.0 Å². The molecule has 1 amide bonds. The van der Waals surface area contributed by atoms with Crippen molar-refractivity contribution < 1.29 is 27.5 Å². The molecule has 8 nitrogen and oxygen atoms in total. The number of carbonyl (C=O) groups is 2. The number of hydrogen-bond acceptors (Lipinski definition) is 6. The first-order valence-electron chi connectivity index (χ1n) is 9.83. The monoisotopic (exact) mass is 448 g/mol. The van der Waals surface area contributed by atoms with Crippen LogP contribution in [0.4, 0.5) is 0 Å². The summed E-state index contributed by atoms with van der Waals surface area (Å²) in [7, 11) is -2.56. The van der Waals surface area contributed by atoms with Crippen LogP contribution in [0.15, 0.2) is 53.4 Å². The van der Waals surface area contributed by atoms with E-state index < -0.39 is 28.5 Å². The number of ether oxygens (including phenoxy) is 2. The Bertz CT molecular complexity index is 1010. The lowest BCUT2D eigenvalue weighted by Crippen LogP contribution is -2.32. The van der Waals surface area contributed by atoms with Gasteiger partial charge in [-0.1, -0.05) is 37.3 Å². The van der Waals surface area contributed by atoms with E-state index >= 15 is 0 Å². The van der Waals surface area contributed by atoms with Crippen LogP contribution in [0.25, 0.3) is 0 Å². The highest BCUT2D eigenvalue weighted by Gasteiger charge is 2.23. The Labute approximate surface area is 183 Å². The Balaban J connectivity index is 1.99. The highest BCUT2D eigenvalue weighted by atomic mass is 32.2. The third kappa shape index (κ3) is 7.08. The highest BCUT2D eigenvalue weighted by molar-refractivity contribution is 7.89. The Morgan fingerprint density at radius 2 is 1.71 bits per heavy atom. The molecular weight excluding hydrogens is 420 g/mol. The van der Waals surface area contributed by atoms with Crippen molar-refractivity contribution >= 4 is 21.9 Å². The minimum Gasteiger partial charge on any atom is -0.495 e. The van der Waals surface area contributed by atoms with E-state index in [1.165, 1.54) is 25.3 Å². The molecule has 0 spiro atoms. The summed E-state index contributed by atoms with van der Waals surface area (Å²) < 4.78 is 37.6. The predicted octanol–water partition coefficient (Wildman–Crippen LogP) is 2.46. The lowest BCUT2D eigenvalue weighted by molar-refractivity contribution is -0.124. The van der Waals surface area contributed by atoms with Gasteiger partial charge in [-0.2, -0.15) is 0 Å². The fourth-order valence-electron chi connectivity index (χ4n) is 2.82. The van der Waals surface area contributed by atoms with Gasteiger partial charge in [-0.05, 0) is 43.5 Å². The van der Waals surface area contributed by atoms with Gasteiger partial charge in [-0.3, -0.25) is 4.79 Å². The van der Waals surface area contributed by atoms with Gasteiger partial charge >= 0.3 is 5.97 Å². The zero-order chi connectivity index (χ0) is 23.0. The quantitative estimate of drug-likeness (QED) is 0.540. The number of esters is 1. The van der Waals surface area contributed by atoms with Crippen LogP contribution >= 0.6 is 0 Å². The van der Waals surface area contributed by atoms with Crippen molar-refractivity contribution in [2.24, 2.45) is 0 Å². The van der Waals surface area contributed by atoms with Crippen LogP contribution in [0.5, 0.6) is 5.75 Å². The first-order chi connectivity index (χ1) is 14.6. The number of carbonyl (C=O) groups excluding carboxylic acids is 2. The second kappa shape index (κ2) is 10.9. The number of hydrogen-bond donors (Lipinski definition) is 2. The van der Waals surface area contributed by atoms with E-state index in [1.54, 1.807) is 13.8 Å². The molecule has 0 heterocycles. The molecule has 2 aromatic carbocycles. The molecule has 1 unspecified atom stereocenters. The summed E-state index contributed by atoms with van der Waals surface area (Å²) in [6.07, 6.45) is 0. The molecule has 0 bridgehead atoms. The number of rotatable bonds is 10. The van der Waals surface area contributed by atoms with Crippen molar-refractivity contribution in [3.05, 3.63) is 59.7 Å². The van der Waals surface area contributed by atoms with Gasteiger partial charge < -0.3 is 14.8 Å². The van der Waals surface area contributed by atoms with Gasteiger partial charge in [0.15, 0.2) is 6.61 Å². The minimum atomic E-state index is -3.90. The Morgan fingerprint density at radius 3 is 2.32 bits per heavy atom. The van der Waals surface area contributed by atoms with Crippen LogP contribution in [-0.2, 0) is 19.6 Å². The maximum Gasteiger partial charge on any atom is 0.338 e. The molecule has 0 fully saturated rings. The van der Waals surface area contributed by atoms with Crippen molar-refractivity contribution in [2.75, 3.05) is 20.3 Å². The molecule has 1 atom stereocenters. The molecule has 2 N–H and O–H groups in total. The van der Waals surface area contributed by atoms with Gasteiger partial charge in [0, 0.05) is 12.6 Å². The fraction of sp³-hybridized carbons (Fsp3) is 0.364. The zero-order valence-electron chi connectivity index (χ0n) is 18.0. The van der Waals surface area contributed by atoms with E-state index in [2.05, 4.69) is 10.0 Å². The van der Waals surface area contributed by atoms with Crippen molar-refractivity contribution in [1.29, 1.82) is 0 Å². The van der Waals surface area contributed by atoms with E-state index in [4.69, 9.17) is 9.47 Å². The molecule has 2 rings (SSSR count). The van der Waals surface area contributed by atoms with Gasteiger partial charge in [0.25, 0.3) is 5.91 Å². The number of nitrogens with one attached hydrogen (secondary N) is 2. The maximum absolute atomic E-state index is 12.5. The number of sulfonamides is 1. The zero-order valence-corrected chi connectivity index (χ0v) is 18.9. The van der Waals surface area contributed by atoms with Gasteiger partial charge in [0.1, 0.15) is 10.6 Å². The Kier molecular flexibility index (Phi) is 8.58. The SMILES string of the molecule is COc1ccc(C(=O)OCC(=O)NCC(C)c2ccccc2)cc1S(=O)(=O)NC(C)C. The first kappa shape index (κ1) is 24.4. The summed E-state index contributed by atoms with van der Waals surface area (Å²) in [5.74, 6) is -1.06. The van der Waals surface area contributed by atoms with Crippen LogP contribution in [0.3, 0.4) is 0 Å². The largest absolute Gasteiger partial charge is 0.495 e. The molecule has 31 heavy (non-hydrogen) atoms. The summed E-state index contributed by atoms with van der Waals surface area (Å²) in [5.41, 5.74) is 1.08. The standard InChI is InChI=1S/C22H28N2O6S/c1-15(2)24-31(27,28)20-12-18(10-11-19(20)29-4)22(26)30-14-21(25)23-13-16(3)17-8-6-5-7-9-17/h5-12,15-16,24H,13-14H2,1-4H3,(H,23,25). The van der Waals surface area contributed by atoms with Crippen LogP contribution in [0, 0.1) is 0 Å². The van der Waals surface area contributed by atoms with Gasteiger partial charge in [0.2, 0.25) is 10.0 Å². The summed E-state index contributed by atoms with van der Waals surface area (Å²) in [6.45, 7) is 5.26. The van der Waals surface area contributed by atoms with Crippen molar-refractivity contribution in [3.63, 3.8) is 0 Å². The highest BCUT2D eigenvalue weighted by Crippen LogP contribution is 2.25. The Hall–Kier alpha value is -2.91. The van der Waals surface area contributed by atoms with Crippen LogP contribution in [0.1, 0.15) is 42.6 Å². The van der Waals surface area contributed by atoms with E-state index in [-0.39, 0.29) is 28.2 Å². The summed E-state index contributed by atoms with van der Waals surface area (Å²) >= 11 is 0. The normalized spacial score (nSPS) is 12.3. The maximum atomic E-state index is 12.5. The van der Waals surface area contributed by atoms with Crippen LogP contribution in [-0.4, -0.2) is 46.6 Å². The summed E-state index contributed by atoms with van der Waals surface area (Å²) in [5, 5.41) is 2.72. The molecule has 9 heteroatoms. The van der Waals surface area contributed by atoms with Crippen molar-refractivity contribution in [3.8, 4) is 5.75 Å². The van der Waals surface area contributed by atoms with Crippen LogP contribution in [0.2, 0.25) is 0 Å². The number of benzene rings is 2.